The number of carbonyl (C=O) groups is 1. The zero-order valence-electron chi connectivity index (χ0n) is 17.2. The quantitative estimate of drug-likeness (QED) is 0.779. The molecule has 0 bridgehead atoms. The highest BCUT2D eigenvalue weighted by Gasteiger charge is 2.35. The summed E-state index contributed by atoms with van der Waals surface area (Å²) < 4.78 is 5.52. The summed E-state index contributed by atoms with van der Waals surface area (Å²) in [7, 11) is 1.75. The fraction of sp³-hybridized carbons (Fsp3) is 0.520. The van der Waals surface area contributed by atoms with E-state index in [-0.39, 0.29) is 17.9 Å². The van der Waals surface area contributed by atoms with Gasteiger partial charge in [0.2, 0.25) is 5.91 Å². The van der Waals surface area contributed by atoms with Gasteiger partial charge in [0.1, 0.15) is 5.54 Å². The molecule has 0 saturated heterocycles. The first-order valence-electron chi connectivity index (χ1n) is 10.9. The van der Waals surface area contributed by atoms with E-state index in [1.165, 1.54) is 6.42 Å². The van der Waals surface area contributed by atoms with Crippen LogP contribution in [-0.2, 0) is 9.53 Å². The second-order valence-corrected chi connectivity index (χ2v) is 8.51. The first-order chi connectivity index (χ1) is 14.2. The van der Waals surface area contributed by atoms with Gasteiger partial charge in [-0.2, -0.15) is 0 Å². The number of fused-ring (bicyclic) bond motifs is 1. The standard InChI is InChI=1S/C25H30N2O2/c1-29-22-10-7-9-19(16-22)24(28)27-25(13-5-2-6-14-25)15-12-21-18-26-17-20-8-3-4-11-23(20)21/h3-4,8,11,17-19,22H,2,5-7,9-10,13-14,16H2,1H3,(H,27,28). The van der Waals surface area contributed by atoms with E-state index in [1.54, 1.807) is 7.11 Å². The predicted molar refractivity (Wildman–Crippen MR) is 115 cm³/mol. The maximum atomic E-state index is 13.1. The Morgan fingerprint density at radius 3 is 2.79 bits per heavy atom. The van der Waals surface area contributed by atoms with Crippen molar-refractivity contribution in [3.63, 3.8) is 0 Å². The third kappa shape index (κ3) is 4.62. The Kier molecular flexibility index (Phi) is 6.16. The van der Waals surface area contributed by atoms with Crippen LogP contribution in [0.4, 0.5) is 0 Å². The van der Waals surface area contributed by atoms with Crippen LogP contribution in [0.25, 0.3) is 10.8 Å². The summed E-state index contributed by atoms with van der Waals surface area (Å²) in [4.78, 5) is 17.5. The Hall–Kier alpha value is -2.38. The highest BCUT2D eigenvalue weighted by atomic mass is 16.5. The number of hydrogen-bond acceptors (Lipinski definition) is 3. The number of hydrogen-bond donors (Lipinski definition) is 1. The summed E-state index contributed by atoms with van der Waals surface area (Å²) in [5, 5.41) is 5.58. The zero-order valence-corrected chi connectivity index (χ0v) is 17.2. The molecule has 4 heteroatoms. The molecule has 1 N–H and O–H groups in total. The van der Waals surface area contributed by atoms with Gasteiger partial charge in [-0.25, -0.2) is 0 Å². The van der Waals surface area contributed by atoms with E-state index in [0.29, 0.717) is 0 Å². The van der Waals surface area contributed by atoms with Crippen molar-refractivity contribution < 1.29 is 9.53 Å². The number of pyridine rings is 1. The number of nitrogens with zero attached hydrogens (tertiary/aromatic N) is 1. The number of carbonyl (C=O) groups excluding carboxylic acids is 1. The van der Waals surface area contributed by atoms with Crippen LogP contribution in [-0.4, -0.2) is 29.6 Å². The molecule has 2 atom stereocenters. The van der Waals surface area contributed by atoms with Crippen molar-refractivity contribution in [3.8, 4) is 11.8 Å². The zero-order chi connectivity index (χ0) is 20.1. The molecule has 0 radical (unpaired) electrons. The molecule has 1 heterocycles. The second kappa shape index (κ2) is 8.97. The molecule has 4 nitrogen and oxygen atoms in total. The molecule has 29 heavy (non-hydrogen) atoms. The van der Waals surface area contributed by atoms with Gasteiger partial charge < -0.3 is 10.1 Å². The van der Waals surface area contributed by atoms with Crippen LogP contribution >= 0.6 is 0 Å². The minimum atomic E-state index is -0.424. The summed E-state index contributed by atoms with van der Waals surface area (Å²) in [6, 6.07) is 8.18. The largest absolute Gasteiger partial charge is 0.381 e. The molecule has 2 saturated carbocycles. The molecule has 4 rings (SSSR count). The average molecular weight is 391 g/mol. The fourth-order valence-corrected chi connectivity index (χ4v) is 4.77. The molecule has 1 amide bonds. The Balaban J connectivity index is 1.58. The molecule has 1 aromatic heterocycles. The topological polar surface area (TPSA) is 51.2 Å². The lowest BCUT2D eigenvalue weighted by molar-refractivity contribution is -0.129. The van der Waals surface area contributed by atoms with Gasteiger partial charge in [-0.3, -0.25) is 9.78 Å². The lowest BCUT2D eigenvalue weighted by Crippen LogP contribution is -2.51. The van der Waals surface area contributed by atoms with Crippen LogP contribution in [0, 0.1) is 17.8 Å². The number of nitrogens with one attached hydrogen (secondary N) is 1. The second-order valence-electron chi connectivity index (χ2n) is 8.51. The number of amides is 1. The minimum Gasteiger partial charge on any atom is -0.381 e. The van der Waals surface area contributed by atoms with Gasteiger partial charge in [0.25, 0.3) is 0 Å². The van der Waals surface area contributed by atoms with Crippen molar-refractivity contribution in [2.75, 3.05) is 7.11 Å². The fourth-order valence-electron chi connectivity index (χ4n) is 4.77. The van der Waals surface area contributed by atoms with Crippen LogP contribution in [0.15, 0.2) is 36.7 Å². The van der Waals surface area contributed by atoms with Gasteiger partial charge in [0, 0.05) is 36.2 Å². The Labute approximate surface area is 173 Å². The number of benzene rings is 1. The number of aromatic nitrogens is 1. The molecule has 2 fully saturated rings. The maximum absolute atomic E-state index is 13.1. The molecular weight excluding hydrogens is 360 g/mol. The van der Waals surface area contributed by atoms with Crippen LogP contribution in [0.2, 0.25) is 0 Å². The summed E-state index contributed by atoms with van der Waals surface area (Å²) in [5.74, 6) is 7.05. The van der Waals surface area contributed by atoms with Gasteiger partial charge in [-0.15, -0.1) is 0 Å². The normalized spacial score (nSPS) is 23.8. The van der Waals surface area contributed by atoms with E-state index in [4.69, 9.17) is 4.74 Å². The molecular formula is C25H30N2O2. The van der Waals surface area contributed by atoms with E-state index >= 15 is 0 Å². The third-order valence-electron chi connectivity index (χ3n) is 6.50. The predicted octanol–water partition coefficient (Wildman–Crippen LogP) is 4.61. The number of rotatable bonds is 3. The van der Waals surface area contributed by atoms with Crippen LogP contribution in [0.5, 0.6) is 0 Å². The van der Waals surface area contributed by atoms with Crippen molar-refractivity contribution in [1.29, 1.82) is 0 Å². The minimum absolute atomic E-state index is 0.0357. The molecule has 0 aliphatic heterocycles. The first-order valence-corrected chi connectivity index (χ1v) is 10.9. The Morgan fingerprint density at radius 2 is 1.97 bits per heavy atom. The summed E-state index contributed by atoms with van der Waals surface area (Å²) in [6.07, 6.45) is 13.0. The third-order valence-corrected chi connectivity index (χ3v) is 6.50. The summed E-state index contributed by atoms with van der Waals surface area (Å²) in [5.41, 5.74) is 0.506. The van der Waals surface area contributed by atoms with E-state index in [1.807, 2.05) is 24.5 Å². The van der Waals surface area contributed by atoms with Gasteiger partial charge in [-0.1, -0.05) is 61.8 Å². The van der Waals surface area contributed by atoms with E-state index < -0.39 is 5.54 Å². The molecule has 0 spiro atoms. The average Bonchev–Trinajstić information content (AvgIpc) is 2.78. The van der Waals surface area contributed by atoms with Gasteiger partial charge in [0.05, 0.1) is 11.7 Å². The van der Waals surface area contributed by atoms with Gasteiger partial charge in [0.15, 0.2) is 0 Å². The van der Waals surface area contributed by atoms with Crippen LogP contribution in [0.3, 0.4) is 0 Å². The molecule has 2 aromatic rings. The van der Waals surface area contributed by atoms with Gasteiger partial charge >= 0.3 is 0 Å². The number of ether oxygens (including phenoxy) is 1. The lowest BCUT2D eigenvalue weighted by Gasteiger charge is -2.36. The van der Waals surface area contributed by atoms with Crippen molar-refractivity contribution in [2.45, 2.75) is 69.4 Å². The molecule has 2 aliphatic rings. The number of methoxy groups -OCH3 is 1. The van der Waals surface area contributed by atoms with Crippen molar-refractivity contribution >= 4 is 16.7 Å². The van der Waals surface area contributed by atoms with E-state index in [0.717, 1.165) is 67.7 Å². The van der Waals surface area contributed by atoms with Crippen molar-refractivity contribution in [2.24, 2.45) is 5.92 Å². The first kappa shape index (κ1) is 19.9. The van der Waals surface area contributed by atoms with E-state index in [2.05, 4.69) is 34.3 Å². The van der Waals surface area contributed by atoms with Crippen LogP contribution in [0.1, 0.15) is 63.4 Å². The highest BCUT2D eigenvalue weighted by Crippen LogP contribution is 2.31. The summed E-state index contributed by atoms with van der Waals surface area (Å²) in [6.45, 7) is 0. The molecule has 1 aromatic carbocycles. The Bertz CT molecular complexity index is 916. The van der Waals surface area contributed by atoms with Crippen molar-refractivity contribution in [1.82, 2.24) is 10.3 Å². The Morgan fingerprint density at radius 1 is 1.14 bits per heavy atom. The SMILES string of the molecule is COC1CCCC(C(=O)NC2(C#Cc3cncc4ccccc34)CCCCC2)C1. The summed E-state index contributed by atoms with van der Waals surface area (Å²) >= 11 is 0. The smallest absolute Gasteiger partial charge is 0.224 e. The van der Waals surface area contributed by atoms with Gasteiger partial charge in [-0.05, 0) is 32.1 Å². The lowest BCUT2D eigenvalue weighted by atomic mass is 9.80. The molecule has 2 aliphatic carbocycles. The highest BCUT2D eigenvalue weighted by molar-refractivity contribution is 5.87. The molecule has 2 unspecified atom stereocenters. The maximum Gasteiger partial charge on any atom is 0.224 e. The molecule has 152 valence electrons. The van der Waals surface area contributed by atoms with Crippen LogP contribution < -0.4 is 5.32 Å². The van der Waals surface area contributed by atoms with Crippen molar-refractivity contribution in [3.05, 3.63) is 42.2 Å². The van der Waals surface area contributed by atoms with E-state index in [9.17, 15) is 4.79 Å². The monoisotopic (exact) mass is 390 g/mol.